The van der Waals surface area contributed by atoms with Gasteiger partial charge in [-0.1, -0.05) is 31.5 Å². The molecule has 0 aliphatic heterocycles. The van der Waals surface area contributed by atoms with E-state index >= 15 is 0 Å². The number of rotatable bonds is 7. The van der Waals surface area contributed by atoms with Crippen molar-refractivity contribution >= 4 is 5.91 Å². The molecule has 146 valence electrons. The summed E-state index contributed by atoms with van der Waals surface area (Å²) in [5, 5.41) is 7.85. The van der Waals surface area contributed by atoms with Crippen LogP contribution in [0.5, 0.6) is 0 Å². The molecule has 3 rings (SSSR count). The number of nitrogens with one attached hydrogen (secondary N) is 1. The molecule has 1 aromatic carbocycles. The van der Waals surface area contributed by atoms with E-state index in [0.717, 1.165) is 50.0 Å². The van der Waals surface area contributed by atoms with Gasteiger partial charge in [0.1, 0.15) is 0 Å². The van der Waals surface area contributed by atoms with E-state index in [1.54, 1.807) is 0 Å². The zero-order valence-electron chi connectivity index (χ0n) is 16.9. The van der Waals surface area contributed by atoms with E-state index in [1.807, 2.05) is 22.9 Å². The smallest absolute Gasteiger partial charge is 0.272 e. The fraction of sp³-hybridized carbons (Fsp3) is 0.545. The zero-order valence-corrected chi connectivity index (χ0v) is 16.9. The van der Waals surface area contributed by atoms with Crippen molar-refractivity contribution in [3.63, 3.8) is 0 Å². The maximum atomic E-state index is 12.9. The van der Waals surface area contributed by atoms with Crippen LogP contribution < -0.4 is 5.32 Å². The van der Waals surface area contributed by atoms with E-state index in [9.17, 15) is 4.79 Å². The molecule has 0 spiro atoms. The summed E-state index contributed by atoms with van der Waals surface area (Å²) in [4.78, 5) is 15.3. The average Bonchev–Trinajstić information content (AvgIpc) is 2.86. The lowest BCUT2D eigenvalue weighted by Crippen LogP contribution is -2.38. The Balaban J connectivity index is 1.80. The minimum absolute atomic E-state index is 0.0392. The maximum absolute atomic E-state index is 12.9. The fourth-order valence-corrected chi connectivity index (χ4v) is 3.92. The second kappa shape index (κ2) is 9.18. The molecule has 1 aliphatic carbocycles. The van der Waals surface area contributed by atoms with Crippen molar-refractivity contribution < 1.29 is 4.79 Å². The monoisotopic (exact) mass is 368 g/mol. The Hall–Kier alpha value is -2.14. The molecular weight excluding hydrogens is 336 g/mol. The fourth-order valence-electron chi connectivity index (χ4n) is 3.92. The molecule has 1 N–H and O–H groups in total. The van der Waals surface area contributed by atoms with Gasteiger partial charge >= 0.3 is 0 Å². The summed E-state index contributed by atoms with van der Waals surface area (Å²) >= 11 is 0. The first-order chi connectivity index (χ1) is 13.1. The van der Waals surface area contributed by atoms with Gasteiger partial charge in [-0.3, -0.25) is 9.69 Å². The van der Waals surface area contributed by atoms with Gasteiger partial charge in [0, 0.05) is 30.4 Å². The first-order valence-corrected chi connectivity index (χ1v) is 10.3. The van der Waals surface area contributed by atoms with Gasteiger partial charge in [-0.05, 0) is 58.2 Å². The molecule has 27 heavy (non-hydrogen) atoms. The largest absolute Gasteiger partial charge is 0.349 e. The molecule has 0 radical (unpaired) electrons. The number of likely N-dealkylation sites (N-methyl/N-ethyl adjacent to an activating group) is 1. The predicted octanol–water partition coefficient (Wildman–Crippen LogP) is 3.60. The summed E-state index contributed by atoms with van der Waals surface area (Å²) in [6, 6.07) is 10.6. The van der Waals surface area contributed by atoms with Crippen molar-refractivity contribution in [2.24, 2.45) is 0 Å². The van der Waals surface area contributed by atoms with Gasteiger partial charge in [-0.25, -0.2) is 4.68 Å². The van der Waals surface area contributed by atoms with E-state index in [2.05, 4.69) is 43.1 Å². The Bertz CT molecular complexity index is 751. The third-order valence-corrected chi connectivity index (χ3v) is 5.47. The van der Waals surface area contributed by atoms with Crippen molar-refractivity contribution in [3.05, 3.63) is 47.3 Å². The first kappa shape index (κ1) is 19.6. The highest BCUT2D eigenvalue weighted by molar-refractivity contribution is 5.94. The number of carbonyl (C=O) groups excluding carboxylic acids is 1. The number of aromatic nitrogens is 2. The van der Waals surface area contributed by atoms with E-state index in [-0.39, 0.29) is 5.91 Å². The standard InChI is InChI=1S/C22H32N4O/c1-4-25(17(2)3)16-15-23-22(27)21-19-13-9-6-10-14-20(19)26(24-21)18-11-7-5-8-12-18/h5,7-8,11-12,17H,4,6,9-10,13-16H2,1-3H3,(H,23,27). The third-order valence-electron chi connectivity index (χ3n) is 5.47. The highest BCUT2D eigenvalue weighted by Gasteiger charge is 2.24. The summed E-state index contributed by atoms with van der Waals surface area (Å²) in [5.74, 6) is -0.0392. The number of fused-ring (bicyclic) bond motifs is 1. The van der Waals surface area contributed by atoms with Gasteiger partial charge in [0.15, 0.2) is 5.69 Å². The van der Waals surface area contributed by atoms with E-state index in [1.165, 1.54) is 12.1 Å². The Labute approximate surface area is 162 Å². The van der Waals surface area contributed by atoms with Gasteiger partial charge < -0.3 is 5.32 Å². The van der Waals surface area contributed by atoms with Crippen LogP contribution in [0, 0.1) is 0 Å². The molecule has 0 unspecified atom stereocenters. The van der Waals surface area contributed by atoms with Crippen LogP contribution >= 0.6 is 0 Å². The lowest BCUT2D eigenvalue weighted by atomic mass is 10.1. The molecule has 2 aromatic rings. The number of hydrogen-bond donors (Lipinski definition) is 1. The quantitative estimate of drug-likeness (QED) is 0.760. The number of carbonyl (C=O) groups is 1. The molecular formula is C22H32N4O. The first-order valence-electron chi connectivity index (χ1n) is 10.3. The number of nitrogens with zero attached hydrogens (tertiary/aromatic N) is 3. The summed E-state index contributed by atoms with van der Waals surface area (Å²) in [6.45, 7) is 9.04. The molecule has 0 atom stereocenters. The van der Waals surface area contributed by atoms with Crippen LogP contribution in [-0.2, 0) is 12.8 Å². The molecule has 0 bridgehead atoms. The SMILES string of the molecule is CCN(CCNC(=O)c1nn(-c2ccccc2)c2c1CCCCC2)C(C)C. The molecule has 0 fully saturated rings. The lowest BCUT2D eigenvalue weighted by Gasteiger charge is -2.24. The number of para-hydroxylation sites is 1. The van der Waals surface area contributed by atoms with E-state index in [4.69, 9.17) is 5.10 Å². The molecule has 1 amide bonds. The van der Waals surface area contributed by atoms with Gasteiger partial charge in [-0.15, -0.1) is 0 Å². The van der Waals surface area contributed by atoms with Gasteiger partial charge in [0.05, 0.1) is 5.69 Å². The van der Waals surface area contributed by atoms with Crippen LogP contribution in [-0.4, -0.2) is 46.3 Å². The minimum atomic E-state index is -0.0392. The molecule has 1 aromatic heterocycles. The molecule has 5 heteroatoms. The van der Waals surface area contributed by atoms with Gasteiger partial charge in [0.25, 0.3) is 5.91 Å². The second-order valence-corrected chi connectivity index (χ2v) is 7.56. The molecule has 0 saturated carbocycles. The maximum Gasteiger partial charge on any atom is 0.272 e. The number of amides is 1. The minimum Gasteiger partial charge on any atom is -0.349 e. The highest BCUT2D eigenvalue weighted by atomic mass is 16.2. The Morgan fingerprint density at radius 3 is 2.63 bits per heavy atom. The zero-order chi connectivity index (χ0) is 19.2. The summed E-state index contributed by atoms with van der Waals surface area (Å²) in [6.07, 6.45) is 5.43. The number of benzene rings is 1. The van der Waals surface area contributed by atoms with Crippen LogP contribution in [0.2, 0.25) is 0 Å². The summed E-state index contributed by atoms with van der Waals surface area (Å²) < 4.78 is 1.99. The van der Waals surface area contributed by atoms with Crippen LogP contribution in [0.25, 0.3) is 5.69 Å². The van der Waals surface area contributed by atoms with E-state index < -0.39 is 0 Å². The molecule has 5 nitrogen and oxygen atoms in total. The van der Waals surface area contributed by atoms with E-state index in [0.29, 0.717) is 18.3 Å². The van der Waals surface area contributed by atoms with Crippen LogP contribution in [0.15, 0.2) is 30.3 Å². The van der Waals surface area contributed by atoms with Crippen molar-refractivity contribution in [1.29, 1.82) is 0 Å². The van der Waals surface area contributed by atoms with Crippen molar-refractivity contribution in [2.45, 2.75) is 58.9 Å². The molecule has 1 heterocycles. The second-order valence-electron chi connectivity index (χ2n) is 7.56. The lowest BCUT2D eigenvalue weighted by molar-refractivity contribution is 0.0939. The summed E-state index contributed by atoms with van der Waals surface area (Å²) in [7, 11) is 0. The highest BCUT2D eigenvalue weighted by Crippen LogP contribution is 2.26. The summed E-state index contributed by atoms with van der Waals surface area (Å²) in [5.41, 5.74) is 4.00. The van der Waals surface area contributed by atoms with Crippen molar-refractivity contribution in [1.82, 2.24) is 20.0 Å². The van der Waals surface area contributed by atoms with Crippen molar-refractivity contribution in [2.75, 3.05) is 19.6 Å². The van der Waals surface area contributed by atoms with Crippen LogP contribution in [0.3, 0.4) is 0 Å². The third kappa shape index (κ3) is 4.59. The van der Waals surface area contributed by atoms with Crippen LogP contribution in [0.1, 0.15) is 61.8 Å². The predicted molar refractivity (Wildman–Crippen MR) is 110 cm³/mol. The Morgan fingerprint density at radius 1 is 1.19 bits per heavy atom. The average molecular weight is 369 g/mol. The number of hydrogen-bond acceptors (Lipinski definition) is 3. The van der Waals surface area contributed by atoms with Crippen LogP contribution in [0.4, 0.5) is 0 Å². The van der Waals surface area contributed by atoms with Crippen molar-refractivity contribution in [3.8, 4) is 5.69 Å². The van der Waals surface area contributed by atoms with Gasteiger partial charge in [0.2, 0.25) is 0 Å². The molecule has 0 saturated heterocycles. The molecule has 1 aliphatic rings. The normalized spacial score (nSPS) is 14.3. The Kier molecular flexibility index (Phi) is 6.67. The Morgan fingerprint density at radius 2 is 1.93 bits per heavy atom. The topological polar surface area (TPSA) is 50.2 Å². The van der Waals surface area contributed by atoms with Gasteiger partial charge in [-0.2, -0.15) is 5.10 Å².